The lowest BCUT2D eigenvalue weighted by atomic mass is 10.1. The summed E-state index contributed by atoms with van der Waals surface area (Å²) in [6.07, 6.45) is 0.265. The highest BCUT2D eigenvalue weighted by Crippen LogP contribution is 2.63. The number of nitrogens with zero attached hydrogens (tertiary/aromatic N) is 4. The molecular formula is C19H41N5O18P6. The van der Waals surface area contributed by atoms with Gasteiger partial charge in [-0.05, 0) is 24.1 Å². The van der Waals surface area contributed by atoms with Crippen LogP contribution >= 0.6 is 45.6 Å². The Bertz CT molecular complexity index is 1390. The number of hydrogen-bond acceptors (Lipinski definition) is 11. The summed E-state index contributed by atoms with van der Waals surface area (Å²) in [7, 11) is -34.3. The van der Waals surface area contributed by atoms with Crippen molar-refractivity contribution in [2.75, 3.05) is 64.6 Å². The van der Waals surface area contributed by atoms with Gasteiger partial charge in [0.2, 0.25) is 16.6 Å². The van der Waals surface area contributed by atoms with Gasteiger partial charge in [-0.25, -0.2) is 0 Å². The molecule has 0 bridgehead atoms. The average Bonchev–Trinajstić information content (AvgIpc) is 2.84. The summed E-state index contributed by atoms with van der Waals surface area (Å²) >= 11 is 0. The molecule has 1 saturated heterocycles. The van der Waals surface area contributed by atoms with Gasteiger partial charge in [0.15, 0.2) is 0 Å². The van der Waals surface area contributed by atoms with Crippen LogP contribution in [0.2, 0.25) is 0 Å². The van der Waals surface area contributed by atoms with Crippen LogP contribution in [-0.2, 0) is 33.8 Å². The van der Waals surface area contributed by atoms with Gasteiger partial charge in [-0.2, -0.15) is 0 Å². The average molecular weight is 813 g/mol. The van der Waals surface area contributed by atoms with Gasteiger partial charge in [0, 0.05) is 64.6 Å². The van der Waals surface area contributed by atoms with Crippen molar-refractivity contribution in [1.29, 1.82) is 0 Å². The van der Waals surface area contributed by atoms with Gasteiger partial charge in [-0.1, -0.05) is 12.1 Å². The molecule has 23 nitrogen and oxygen atoms in total. The second-order valence-electron chi connectivity index (χ2n) is 11.0. The van der Waals surface area contributed by atoms with Gasteiger partial charge in [-0.3, -0.25) is 42.1 Å². The molecule has 0 unspecified atom stereocenters. The minimum atomic E-state index is -5.82. The van der Waals surface area contributed by atoms with Crippen molar-refractivity contribution >= 4 is 51.3 Å². The second-order valence-corrected chi connectivity index (χ2v) is 22.2. The maximum atomic E-state index is 12.3. The van der Waals surface area contributed by atoms with E-state index in [2.05, 4.69) is 0 Å². The van der Waals surface area contributed by atoms with Crippen LogP contribution in [0, 0.1) is 0 Å². The molecule has 1 aromatic rings. The minimum absolute atomic E-state index is 0.0865. The van der Waals surface area contributed by atoms with Gasteiger partial charge < -0.3 is 69.4 Å². The fourth-order valence-electron chi connectivity index (χ4n) is 5.25. The fourth-order valence-corrected chi connectivity index (χ4v) is 13.9. The first-order valence-corrected chi connectivity index (χ1v) is 23.7. The Labute approximate surface area is 274 Å². The van der Waals surface area contributed by atoms with E-state index in [1.807, 2.05) is 0 Å². The van der Waals surface area contributed by atoms with Crippen molar-refractivity contribution in [3.8, 4) is 0 Å². The summed E-state index contributed by atoms with van der Waals surface area (Å²) in [6.45, 7) is -5.39. The van der Waals surface area contributed by atoms with E-state index in [4.69, 9.17) is 5.73 Å². The third-order valence-corrected chi connectivity index (χ3v) is 18.2. The molecule has 29 heteroatoms. The number of benzene rings is 1. The van der Waals surface area contributed by atoms with Crippen LogP contribution in [0.4, 0.5) is 5.69 Å². The van der Waals surface area contributed by atoms with Gasteiger partial charge >= 0.3 is 45.6 Å². The Kier molecular flexibility index (Phi) is 15.2. The highest BCUT2D eigenvalue weighted by Gasteiger charge is 2.52. The highest BCUT2D eigenvalue weighted by molar-refractivity contribution is 7.71. The molecule has 0 atom stereocenters. The first kappa shape index (κ1) is 43.9. The van der Waals surface area contributed by atoms with Gasteiger partial charge in [0.1, 0.15) is 0 Å². The first-order chi connectivity index (χ1) is 21.5. The molecular weight excluding hydrogens is 772 g/mol. The number of rotatable bonds is 12. The van der Waals surface area contributed by atoms with Crippen molar-refractivity contribution in [2.45, 2.75) is 23.0 Å². The standard InChI is InChI=1S/C19H41N5O18P6/c20-16-3-1-15(2-4-16)5-6-21-7-9-22(17(43(25,26)27)44(28,29)30)11-13-24(19(47(37,38)39)48(40,41)42)14-12-23(10-8-21)18(45(31,32)33)46(34,35)36/h1-4,17-19H,5-14,20H2,(H2,25,26,27)(H2,28,29,30)(H2,31,32,33)(H2,34,35,36)(H2,37,38,39)(H2,40,41,42). The molecule has 2 rings (SSSR count). The predicted octanol–water partition coefficient (Wildman–Crippen LogP) is -2.05. The molecule has 1 aromatic carbocycles. The van der Waals surface area contributed by atoms with Crippen LogP contribution in [0.1, 0.15) is 5.56 Å². The van der Waals surface area contributed by atoms with Crippen LogP contribution in [0.25, 0.3) is 0 Å². The van der Waals surface area contributed by atoms with Crippen LogP contribution in [0.3, 0.4) is 0 Å². The summed E-state index contributed by atoms with van der Waals surface area (Å²) in [5.41, 5.74) is -1.67. The lowest BCUT2D eigenvalue weighted by molar-refractivity contribution is 0.119. The third kappa shape index (κ3) is 13.4. The van der Waals surface area contributed by atoms with Gasteiger partial charge in [-0.15, -0.1) is 0 Å². The normalized spacial score (nSPS) is 19.1. The monoisotopic (exact) mass is 813 g/mol. The smallest absolute Gasteiger partial charge is 0.354 e. The summed E-state index contributed by atoms with van der Waals surface area (Å²) in [5.74, 6) is 0. The highest BCUT2D eigenvalue weighted by atomic mass is 31.2. The van der Waals surface area contributed by atoms with Crippen LogP contribution in [0.5, 0.6) is 0 Å². The Morgan fingerprint density at radius 1 is 0.479 bits per heavy atom. The van der Waals surface area contributed by atoms with E-state index >= 15 is 0 Å². The van der Waals surface area contributed by atoms with E-state index in [1.54, 1.807) is 24.3 Å². The first-order valence-electron chi connectivity index (χ1n) is 13.6. The molecule has 48 heavy (non-hydrogen) atoms. The fraction of sp³-hybridized carbons (Fsp3) is 0.684. The van der Waals surface area contributed by atoms with Gasteiger partial charge in [0.25, 0.3) is 0 Å². The molecule has 14 N–H and O–H groups in total. The van der Waals surface area contributed by atoms with Crippen LogP contribution < -0.4 is 5.73 Å². The van der Waals surface area contributed by atoms with Crippen molar-refractivity contribution < 1.29 is 86.1 Å². The number of nitrogen functional groups attached to an aromatic ring is 1. The van der Waals surface area contributed by atoms with E-state index in [0.29, 0.717) is 20.4 Å². The molecule has 0 radical (unpaired) electrons. The summed E-state index contributed by atoms with van der Waals surface area (Å²) in [4.78, 5) is 122. The second kappa shape index (κ2) is 16.6. The minimum Gasteiger partial charge on any atom is -0.399 e. The van der Waals surface area contributed by atoms with E-state index in [0.717, 1.165) is 5.56 Å². The van der Waals surface area contributed by atoms with Crippen LogP contribution in [-0.4, -0.2) is 154 Å². The maximum Gasteiger partial charge on any atom is 0.354 e. The molecule has 280 valence electrons. The number of nitrogens with two attached hydrogens (primary N) is 1. The molecule has 0 amide bonds. The van der Waals surface area contributed by atoms with Crippen molar-refractivity contribution in [2.24, 2.45) is 0 Å². The lowest BCUT2D eigenvalue weighted by Gasteiger charge is -2.40. The zero-order valence-electron chi connectivity index (χ0n) is 25.0. The van der Waals surface area contributed by atoms with Gasteiger partial charge in [0.05, 0.1) is 0 Å². The van der Waals surface area contributed by atoms with E-state index in [1.165, 1.54) is 4.90 Å². The SMILES string of the molecule is Nc1ccc(CCN2CCN(C(P(=O)(O)O)P(=O)(O)O)CCN(C(P(=O)(O)O)P(=O)(O)O)CCN(C(P(=O)(O)O)P(=O)(O)O)CC2)cc1. The molecule has 0 spiro atoms. The molecule has 1 heterocycles. The summed E-state index contributed by atoms with van der Waals surface area (Å²) < 4.78 is 73.9. The molecule has 1 fully saturated rings. The largest absolute Gasteiger partial charge is 0.399 e. The zero-order chi connectivity index (χ0) is 37.1. The molecule has 1 aliphatic heterocycles. The van der Waals surface area contributed by atoms with Crippen LogP contribution in [0.15, 0.2) is 24.3 Å². The summed E-state index contributed by atoms with van der Waals surface area (Å²) in [6, 6.07) is 6.54. The summed E-state index contributed by atoms with van der Waals surface area (Å²) in [5, 5.41) is 0. The van der Waals surface area contributed by atoms with E-state index in [-0.39, 0.29) is 26.1 Å². The van der Waals surface area contributed by atoms with E-state index < -0.39 is 101 Å². The predicted molar refractivity (Wildman–Crippen MR) is 169 cm³/mol. The molecule has 0 aromatic heterocycles. The Morgan fingerprint density at radius 3 is 0.979 bits per heavy atom. The maximum absolute atomic E-state index is 12.3. The van der Waals surface area contributed by atoms with Crippen molar-refractivity contribution in [3.05, 3.63) is 29.8 Å². The zero-order valence-corrected chi connectivity index (χ0v) is 30.3. The Hall–Kier alpha value is -0.240. The van der Waals surface area contributed by atoms with Crippen molar-refractivity contribution in [1.82, 2.24) is 19.6 Å². The Morgan fingerprint density at radius 2 is 0.729 bits per heavy atom. The number of hydrogen-bond donors (Lipinski definition) is 13. The topological polar surface area (TPSA) is 384 Å². The Balaban J connectivity index is 2.69. The third-order valence-electron chi connectivity index (χ3n) is 7.24. The lowest BCUT2D eigenvalue weighted by Crippen LogP contribution is -2.51. The quantitative estimate of drug-likeness (QED) is 0.0797. The van der Waals surface area contributed by atoms with E-state index in [9.17, 15) is 86.1 Å². The number of anilines is 1. The molecule has 0 saturated carbocycles. The molecule has 1 aliphatic rings. The molecule has 0 aliphatic carbocycles. The van der Waals surface area contributed by atoms with Crippen molar-refractivity contribution in [3.63, 3.8) is 0 Å².